The van der Waals surface area contributed by atoms with Crippen LogP contribution in [-0.4, -0.2) is 13.4 Å². The lowest BCUT2D eigenvalue weighted by Crippen LogP contribution is -2.10. The molecule has 1 aromatic heterocycles. The predicted molar refractivity (Wildman–Crippen MR) is 68.0 cm³/mol. The maximum Gasteiger partial charge on any atom is 0.340 e. The molecule has 94 valence electrons. The molecule has 0 saturated carbocycles. The molecule has 5 heteroatoms. The van der Waals surface area contributed by atoms with Crippen molar-refractivity contribution in [2.75, 3.05) is 0 Å². The maximum atomic E-state index is 12.0. The van der Waals surface area contributed by atoms with Crippen molar-refractivity contribution in [1.82, 2.24) is 4.98 Å². The minimum absolute atomic E-state index is 0.0471. The Labute approximate surface area is 106 Å². The molecule has 0 unspecified atom stereocenters. The van der Waals surface area contributed by atoms with Gasteiger partial charge in [-0.1, -0.05) is 12.1 Å². The lowest BCUT2D eigenvalue weighted by atomic mass is 10.1. The fourth-order valence-corrected chi connectivity index (χ4v) is 2.41. The van der Waals surface area contributed by atoms with Crippen molar-refractivity contribution in [1.29, 1.82) is 0 Å². The number of aryl methyl sites for hydroxylation is 2. The fourth-order valence-electron chi connectivity index (χ4n) is 1.46. The molecule has 0 N–H and O–H groups in total. The summed E-state index contributed by atoms with van der Waals surface area (Å²) in [6.07, 6.45) is 2.78. The van der Waals surface area contributed by atoms with Crippen LogP contribution in [0, 0.1) is 13.8 Å². The summed E-state index contributed by atoms with van der Waals surface area (Å²) < 4.78 is 29.1. The topological polar surface area (TPSA) is 56.3 Å². The molecule has 0 aliphatic carbocycles. The average Bonchev–Trinajstić information content (AvgIpc) is 2.35. The Hall–Kier alpha value is -1.88. The van der Waals surface area contributed by atoms with Crippen molar-refractivity contribution in [3.05, 3.63) is 53.9 Å². The van der Waals surface area contributed by atoms with E-state index in [2.05, 4.69) is 4.98 Å². The third kappa shape index (κ3) is 2.68. The van der Waals surface area contributed by atoms with Crippen LogP contribution in [0.15, 0.2) is 47.6 Å². The number of hydrogen-bond donors (Lipinski definition) is 0. The molecule has 2 rings (SSSR count). The van der Waals surface area contributed by atoms with Crippen LogP contribution in [-0.2, 0) is 10.1 Å². The minimum atomic E-state index is -3.82. The van der Waals surface area contributed by atoms with Gasteiger partial charge in [-0.2, -0.15) is 8.42 Å². The summed E-state index contributed by atoms with van der Waals surface area (Å²) in [6, 6.07) is 8.43. The molecule has 0 amide bonds. The summed E-state index contributed by atoms with van der Waals surface area (Å²) in [5.74, 6) is 0.346. The van der Waals surface area contributed by atoms with E-state index in [1.165, 1.54) is 18.5 Å². The van der Waals surface area contributed by atoms with Crippen LogP contribution in [0.4, 0.5) is 0 Å². The van der Waals surface area contributed by atoms with Crippen molar-refractivity contribution in [3.63, 3.8) is 0 Å². The zero-order chi connectivity index (χ0) is 13.2. The average molecular weight is 263 g/mol. The highest BCUT2D eigenvalue weighted by molar-refractivity contribution is 7.87. The fraction of sp³-hybridized carbons (Fsp3) is 0.154. The zero-order valence-electron chi connectivity index (χ0n) is 10.1. The van der Waals surface area contributed by atoms with Crippen molar-refractivity contribution in [2.24, 2.45) is 0 Å². The van der Waals surface area contributed by atoms with E-state index < -0.39 is 10.1 Å². The quantitative estimate of drug-likeness (QED) is 0.798. The molecule has 0 radical (unpaired) electrons. The van der Waals surface area contributed by atoms with Gasteiger partial charge >= 0.3 is 10.1 Å². The third-order valence-electron chi connectivity index (χ3n) is 2.47. The number of nitrogens with zero attached hydrogens (tertiary/aromatic N) is 1. The first-order chi connectivity index (χ1) is 8.49. The second-order valence-electron chi connectivity index (χ2n) is 4.00. The van der Waals surface area contributed by atoms with Gasteiger partial charge in [-0.05, 0) is 43.2 Å². The summed E-state index contributed by atoms with van der Waals surface area (Å²) in [7, 11) is -3.82. The van der Waals surface area contributed by atoms with E-state index in [1.54, 1.807) is 19.1 Å². The molecular weight excluding hydrogens is 250 g/mol. The van der Waals surface area contributed by atoms with Crippen LogP contribution in [0.2, 0.25) is 0 Å². The van der Waals surface area contributed by atoms with Gasteiger partial charge in [0.15, 0.2) is 0 Å². The zero-order valence-corrected chi connectivity index (χ0v) is 10.9. The molecule has 0 bridgehead atoms. The molecule has 1 aromatic carbocycles. The molecule has 4 nitrogen and oxygen atoms in total. The Morgan fingerprint density at radius 3 is 2.61 bits per heavy atom. The van der Waals surface area contributed by atoms with Crippen LogP contribution in [0.5, 0.6) is 5.75 Å². The third-order valence-corrected chi connectivity index (χ3v) is 3.68. The first kappa shape index (κ1) is 12.6. The predicted octanol–water partition coefficient (Wildman–Crippen LogP) is 2.47. The number of rotatable bonds is 3. The Morgan fingerprint density at radius 2 is 1.94 bits per heavy atom. The van der Waals surface area contributed by atoms with Gasteiger partial charge in [-0.15, -0.1) is 0 Å². The molecule has 0 aliphatic rings. The summed E-state index contributed by atoms with van der Waals surface area (Å²) in [5.41, 5.74) is 1.71. The van der Waals surface area contributed by atoms with Gasteiger partial charge in [0.2, 0.25) is 0 Å². The van der Waals surface area contributed by atoms with E-state index in [9.17, 15) is 8.42 Å². The SMILES string of the molecule is Cc1ccc(C)c(OS(=O)(=O)c2cccnc2)c1. The van der Waals surface area contributed by atoms with Gasteiger partial charge in [-0.25, -0.2) is 0 Å². The largest absolute Gasteiger partial charge is 0.379 e. The minimum Gasteiger partial charge on any atom is -0.379 e. The molecule has 0 spiro atoms. The van der Waals surface area contributed by atoms with Crippen LogP contribution in [0.3, 0.4) is 0 Å². The normalized spacial score (nSPS) is 11.2. The lowest BCUT2D eigenvalue weighted by Gasteiger charge is -2.09. The highest BCUT2D eigenvalue weighted by Crippen LogP contribution is 2.23. The van der Waals surface area contributed by atoms with E-state index in [4.69, 9.17) is 4.18 Å². The highest BCUT2D eigenvalue weighted by atomic mass is 32.2. The van der Waals surface area contributed by atoms with Gasteiger partial charge in [0.25, 0.3) is 0 Å². The molecule has 18 heavy (non-hydrogen) atoms. The Kier molecular flexibility index (Phi) is 3.34. The van der Waals surface area contributed by atoms with Crippen LogP contribution < -0.4 is 4.18 Å². The Balaban J connectivity index is 2.37. The standard InChI is InChI=1S/C13H13NO3S/c1-10-5-6-11(2)13(8-10)17-18(15,16)12-4-3-7-14-9-12/h3-9H,1-2H3. The first-order valence-corrected chi connectivity index (χ1v) is 6.81. The smallest absolute Gasteiger partial charge is 0.340 e. The summed E-state index contributed by atoms with van der Waals surface area (Å²) in [4.78, 5) is 3.82. The van der Waals surface area contributed by atoms with Crippen LogP contribution in [0.25, 0.3) is 0 Å². The van der Waals surface area contributed by atoms with E-state index in [0.29, 0.717) is 5.75 Å². The van der Waals surface area contributed by atoms with Gasteiger partial charge in [0, 0.05) is 12.4 Å². The second-order valence-corrected chi connectivity index (χ2v) is 5.54. The second kappa shape index (κ2) is 4.78. The van der Waals surface area contributed by atoms with E-state index in [0.717, 1.165) is 11.1 Å². The summed E-state index contributed by atoms with van der Waals surface area (Å²) in [6.45, 7) is 3.68. The van der Waals surface area contributed by atoms with Crippen LogP contribution >= 0.6 is 0 Å². The van der Waals surface area contributed by atoms with E-state index >= 15 is 0 Å². The monoisotopic (exact) mass is 263 g/mol. The molecule has 0 saturated heterocycles. The van der Waals surface area contributed by atoms with Gasteiger partial charge in [0.1, 0.15) is 10.6 Å². The maximum absolute atomic E-state index is 12.0. The Morgan fingerprint density at radius 1 is 1.17 bits per heavy atom. The van der Waals surface area contributed by atoms with E-state index in [1.807, 2.05) is 19.1 Å². The lowest BCUT2D eigenvalue weighted by molar-refractivity contribution is 0.483. The highest BCUT2D eigenvalue weighted by Gasteiger charge is 2.17. The molecule has 1 heterocycles. The number of benzene rings is 1. The summed E-state index contributed by atoms with van der Waals surface area (Å²) in [5, 5.41) is 0. The molecule has 0 aliphatic heterocycles. The van der Waals surface area contributed by atoms with Gasteiger partial charge in [0.05, 0.1) is 0 Å². The first-order valence-electron chi connectivity index (χ1n) is 5.41. The molecule has 2 aromatic rings. The van der Waals surface area contributed by atoms with Crippen molar-refractivity contribution < 1.29 is 12.6 Å². The van der Waals surface area contributed by atoms with Crippen molar-refractivity contribution >= 4 is 10.1 Å². The van der Waals surface area contributed by atoms with Crippen molar-refractivity contribution in [3.8, 4) is 5.75 Å². The number of pyridine rings is 1. The number of hydrogen-bond acceptors (Lipinski definition) is 4. The number of aromatic nitrogens is 1. The van der Waals surface area contributed by atoms with Crippen molar-refractivity contribution in [2.45, 2.75) is 18.7 Å². The summed E-state index contributed by atoms with van der Waals surface area (Å²) >= 11 is 0. The molecule has 0 fully saturated rings. The van der Waals surface area contributed by atoms with Gasteiger partial charge in [-0.3, -0.25) is 4.98 Å². The molecule has 0 atom stereocenters. The Bertz CT molecular complexity index is 651. The van der Waals surface area contributed by atoms with Gasteiger partial charge < -0.3 is 4.18 Å². The van der Waals surface area contributed by atoms with Crippen LogP contribution in [0.1, 0.15) is 11.1 Å². The molecular formula is C13H13NO3S. The van der Waals surface area contributed by atoms with E-state index in [-0.39, 0.29) is 4.90 Å².